The first kappa shape index (κ1) is 16.0. The standard InChI is InChI=1S/C15H13Cl3N2O/c1-20(2)10-5-3-9(4-6-10)19-15(21)13-11(16)7-8-12(17)14(13)18/h3-8H,1-2H3,(H,19,21). The van der Waals surface area contributed by atoms with Crippen molar-refractivity contribution in [1.82, 2.24) is 0 Å². The molecule has 0 aliphatic carbocycles. The third kappa shape index (κ3) is 3.62. The third-order valence-electron chi connectivity index (χ3n) is 2.91. The lowest BCUT2D eigenvalue weighted by Gasteiger charge is -2.13. The number of nitrogens with zero attached hydrogens (tertiary/aromatic N) is 1. The molecule has 0 atom stereocenters. The molecule has 3 nitrogen and oxygen atoms in total. The molecule has 0 heterocycles. The van der Waals surface area contributed by atoms with Crippen molar-refractivity contribution < 1.29 is 4.79 Å². The van der Waals surface area contributed by atoms with Crippen molar-refractivity contribution in [1.29, 1.82) is 0 Å². The van der Waals surface area contributed by atoms with Gasteiger partial charge in [0, 0.05) is 25.5 Å². The molecule has 0 aliphatic rings. The predicted molar refractivity (Wildman–Crippen MR) is 90.2 cm³/mol. The summed E-state index contributed by atoms with van der Waals surface area (Å²) < 4.78 is 0. The minimum absolute atomic E-state index is 0.145. The van der Waals surface area contributed by atoms with E-state index in [1.807, 2.05) is 31.1 Å². The first-order chi connectivity index (χ1) is 9.90. The lowest BCUT2D eigenvalue weighted by molar-refractivity contribution is 0.102. The van der Waals surface area contributed by atoms with E-state index in [-0.39, 0.29) is 20.6 Å². The highest BCUT2D eigenvalue weighted by atomic mass is 35.5. The van der Waals surface area contributed by atoms with Gasteiger partial charge in [-0.15, -0.1) is 0 Å². The van der Waals surface area contributed by atoms with E-state index in [0.717, 1.165) is 5.69 Å². The van der Waals surface area contributed by atoms with Gasteiger partial charge in [-0.25, -0.2) is 0 Å². The van der Waals surface area contributed by atoms with Gasteiger partial charge in [0.15, 0.2) is 0 Å². The van der Waals surface area contributed by atoms with Crippen LogP contribution in [0.5, 0.6) is 0 Å². The van der Waals surface area contributed by atoms with E-state index in [1.54, 1.807) is 24.3 Å². The Morgan fingerprint density at radius 3 is 2.10 bits per heavy atom. The minimum Gasteiger partial charge on any atom is -0.378 e. The Balaban J connectivity index is 2.24. The molecule has 2 rings (SSSR count). The van der Waals surface area contributed by atoms with Gasteiger partial charge in [-0.05, 0) is 36.4 Å². The Hall–Kier alpha value is -1.42. The fraction of sp³-hybridized carbons (Fsp3) is 0.133. The normalized spacial score (nSPS) is 10.3. The van der Waals surface area contributed by atoms with Crippen LogP contribution in [0.3, 0.4) is 0 Å². The van der Waals surface area contributed by atoms with Crippen LogP contribution in [0.1, 0.15) is 10.4 Å². The zero-order valence-electron chi connectivity index (χ0n) is 11.5. The summed E-state index contributed by atoms with van der Waals surface area (Å²) >= 11 is 18.0. The summed E-state index contributed by atoms with van der Waals surface area (Å²) in [5, 5.41) is 3.44. The lowest BCUT2D eigenvalue weighted by Crippen LogP contribution is -2.14. The first-order valence-electron chi connectivity index (χ1n) is 6.12. The van der Waals surface area contributed by atoms with Gasteiger partial charge < -0.3 is 10.2 Å². The van der Waals surface area contributed by atoms with Crippen molar-refractivity contribution in [3.63, 3.8) is 0 Å². The van der Waals surface area contributed by atoms with E-state index in [1.165, 1.54) is 0 Å². The molecule has 0 unspecified atom stereocenters. The molecule has 1 amide bonds. The molecule has 6 heteroatoms. The van der Waals surface area contributed by atoms with Crippen LogP contribution in [0.2, 0.25) is 15.1 Å². The van der Waals surface area contributed by atoms with Gasteiger partial charge in [0.1, 0.15) is 0 Å². The highest BCUT2D eigenvalue weighted by Gasteiger charge is 2.17. The molecule has 1 N–H and O–H groups in total. The van der Waals surface area contributed by atoms with Crippen LogP contribution >= 0.6 is 34.8 Å². The maximum Gasteiger partial charge on any atom is 0.258 e. The predicted octanol–water partition coefficient (Wildman–Crippen LogP) is 4.97. The van der Waals surface area contributed by atoms with Gasteiger partial charge >= 0.3 is 0 Å². The average molecular weight is 344 g/mol. The summed E-state index contributed by atoms with van der Waals surface area (Å²) in [6.07, 6.45) is 0. The summed E-state index contributed by atoms with van der Waals surface area (Å²) in [6, 6.07) is 10.5. The van der Waals surface area contributed by atoms with Gasteiger partial charge in [0.25, 0.3) is 5.91 Å². The summed E-state index contributed by atoms with van der Waals surface area (Å²) in [6.45, 7) is 0. The van der Waals surface area contributed by atoms with E-state index in [9.17, 15) is 4.79 Å². The molecule has 0 aromatic heterocycles. The molecular formula is C15H13Cl3N2O. The van der Waals surface area contributed by atoms with Crippen LogP contribution in [0, 0.1) is 0 Å². The molecule has 0 fully saturated rings. The minimum atomic E-state index is -0.398. The maximum absolute atomic E-state index is 12.3. The highest BCUT2D eigenvalue weighted by Crippen LogP contribution is 2.32. The molecule has 2 aromatic rings. The van der Waals surface area contributed by atoms with Crippen LogP contribution in [0.4, 0.5) is 11.4 Å². The number of hydrogen-bond acceptors (Lipinski definition) is 2. The topological polar surface area (TPSA) is 32.3 Å². The maximum atomic E-state index is 12.3. The van der Waals surface area contributed by atoms with Crippen LogP contribution in [-0.4, -0.2) is 20.0 Å². The second kappa shape index (κ2) is 6.56. The fourth-order valence-electron chi connectivity index (χ4n) is 1.77. The summed E-state index contributed by atoms with van der Waals surface area (Å²) in [7, 11) is 3.89. The zero-order chi connectivity index (χ0) is 15.6. The van der Waals surface area contributed by atoms with E-state index in [0.29, 0.717) is 5.69 Å². The Kier molecular flexibility index (Phi) is 4.99. The second-order valence-corrected chi connectivity index (χ2v) is 5.81. The highest BCUT2D eigenvalue weighted by molar-refractivity contribution is 6.46. The summed E-state index contributed by atoms with van der Waals surface area (Å²) in [5.41, 5.74) is 1.85. The molecule has 21 heavy (non-hydrogen) atoms. The van der Waals surface area contributed by atoms with E-state index < -0.39 is 5.91 Å². The van der Waals surface area contributed by atoms with Crippen molar-refractivity contribution >= 4 is 52.1 Å². The van der Waals surface area contributed by atoms with Gasteiger partial charge in [-0.1, -0.05) is 34.8 Å². The summed E-state index contributed by atoms with van der Waals surface area (Å²) in [4.78, 5) is 14.2. The Bertz CT molecular complexity index is 669. The van der Waals surface area contributed by atoms with Crippen molar-refractivity contribution in [2.24, 2.45) is 0 Å². The van der Waals surface area contributed by atoms with Crippen molar-refractivity contribution in [2.75, 3.05) is 24.3 Å². The number of benzene rings is 2. The number of carbonyl (C=O) groups is 1. The van der Waals surface area contributed by atoms with E-state index >= 15 is 0 Å². The number of nitrogens with one attached hydrogen (secondary N) is 1. The molecule has 2 aromatic carbocycles. The summed E-state index contributed by atoms with van der Waals surface area (Å²) in [5.74, 6) is -0.398. The molecule has 0 radical (unpaired) electrons. The van der Waals surface area contributed by atoms with Gasteiger partial charge in [0.05, 0.1) is 20.6 Å². The van der Waals surface area contributed by atoms with E-state index in [4.69, 9.17) is 34.8 Å². The van der Waals surface area contributed by atoms with Gasteiger partial charge in [-0.2, -0.15) is 0 Å². The second-order valence-electron chi connectivity index (χ2n) is 4.61. The number of rotatable bonds is 3. The Labute approximate surface area is 138 Å². The number of hydrogen-bond donors (Lipinski definition) is 1. The lowest BCUT2D eigenvalue weighted by atomic mass is 10.2. The number of carbonyl (C=O) groups excluding carboxylic acids is 1. The van der Waals surface area contributed by atoms with Gasteiger partial charge in [-0.3, -0.25) is 4.79 Å². The molecule has 0 saturated heterocycles. The van der Waals surface area contributed by atoms with Crippen LogP contribution in [-0.2, 0) is 0 Å². The van der Waals surface area contributed by atoms with Crippen LogP contribution in [0.25, 0.3) is 0 Å². The van der Waals surface area contributed by atoms with Crippen molar-refractivity contribution in [3.05, 3.63) is 57.0 Å². The van der Waals surface area contributed by atoms with Crippen molar-refractivity contribution in [2.45, 2.75) is 0 Å². The average Bonchev–Trinajstić information content (AvgIpc) is 2.44. The third-order valence-corrected chi connectivity index (χ3v) is 4.03. The van der Waals surface area contributed by atoms with Crippen LogP contribution < -0.4 is 10.2 Å². The molecule has 0 aliphatic heterocycles. The Morgan fingerprint density at radius 2 is 1.52 bits per heavy atom. The molecular weight excluding hydrogens is 331 g/mol. The first-order valence-corrected chi connectivity index (χ1v) is 7.26. The SMILES string of the molecule is CN(C)c1ccc(NC(=O)c2c(Cl)ccc(Cl)c2Cl)cc1. The zero-order valence-corrected chi connectivity index (χ0v) is 13.7. The number of amides is 1. The van der Waals surface area contributed by atoms with Gasteiger partial charge in [0.2, 0.25) is 0 Å². The molecule has 0 saturated carbocycles. The monoisotopic (exact) mass is 342 g/mol. The van der Waals surface area contributed by atoms with Crippen LogP contribution in [0.15, 0.2) is 36.4 Å². The number of anilines is 2. The number of halogens is 3. The van der Waals surface area contributed by atoms with E-state index in [2.05, 4.69) is 5.32 Å². The smallest absolute Gasteiger partial charge is 0.258 e. The Morgan fingerprint density at radius 1 is 0.952 bits per heavy atom. The molecule has 0 bridgehead atoms. The molecule has 0 spiro atoms. The fourth-order valence-corrected chi connectivity index (χ4v) is 2.47. The molecule has 110 valence electrons. The largest absolute Gasteiger partial charge is 0.378 e. The van der Waals surface area contributed by atoms with Crippen molar-refractivity contribution in [3.8, 4) is 0 Å². The quantitative estimate of drug-likeness (QED) is 0.798.